The molecule has 0 aliphatic heterocycles. The van der Waals surface area contributed by atoms with Crippen LogP contribution in [0.5, 0.6) is 0 Å². The highest BCUT2D eigenvalue weighted by Crippen LogP contribution is 2.21. The molecule has 0 radical (unpaired) electrons. The van der Waals surface area contributed by atoms with E-state index < -0.39 is 0 Å². The molecule has 0 amide bonds. The molecule has 1 aromatic rings. The van der Waals surface area contributed by atoms with Crippen molar-refractivity contribution in [2.75, 3.05) is 31.7 Å². The Labute approximate surface area is 102 Å². The molecule has 0 fully saturated rings. The third-order valence-corrected chi connectivity index (χ3v) is 2.70. The molecule has 1 atom stereocenters. The summed E-state index contributed by atoms with van der Waals surface area (Å²) in [5.41, 5.74) is 6.13. The van der Waals surface area contributed by atoms with Gasteiger partial charge in [0.15, 0.2) is 0 Å². The fourth-order valence-corrected chi connectivity index (χ4v) is 1.86. The van der Waals surface area contributed by atoms with E-state index in [4.69, 9.17) is 10.5 Å². The van der Waals surface area contributed by atoms with E-state index in [0.29, 0.717) is 18.8 Å². The van der Waals surface area contributed by atoms with E-state index in [1.165, 1.54) is 6.07 Å². The number of halogens is 1. The van der Waals surface area contributed by atoms with Gasteiger partial charge in [0.05, 0.1) is 12.3 Å². The van der Waals surface area contributed by atoms with Gasteiger partial charge in [0.1, 0.15) is 5.82 Å². The number of ether oxygens (including phenoxy) is 1. The molecule has 1 rings (SSSR count). The summed E-state index contributed by atoms with van der Waals surface area (Å²) in [6.07, 6.45) is 0.836. The first kappa shape index (κ1) is 13.9. The third kappa shape index (κ3) is 3.98. The Bertz CT molecular complexity index is 333. The Morgan fingerprint density at radius 2 is 2.12 bits per heavy atom. The van der Waals surface area contributed by atoms with Gasteiger partial charge in [-0.05, 0) is 32.0 Å². The molecule has 0 bridgehead atoms. The van der Waals surface area contributed by atoms with E-state index in [1.807, 2.05) is 17.9 Å². The second-order valence-electron chi connectivity index (χ2n) is 4.09. The number of methoxy groups -OCH3 is 1. The largest absolute Gasteiger partial charge is 0.383 e. The van der Waals surface area contributed by atoms with Crippen LogP contribution in [0.25, 0.3) is 0 Å². The van der Waals surface area contributed by atoms with Crippen LogP contribution in [0.4, 0.5) is 10.1 Å². The van der Waals surface area contributed by atoms with Crippen molar-refractivity contribution < 1.29 is 9.13 Å². The predicted molar refractivity (Wildman–Crippen MR) is 68.8 cm³/mol. The monoisotopic (exact) mass is 240 g/mol. The van der Waals surface area contributed by atoms with Gasteiger partial charge in [0.2, 0.25) is 0 Å². The quantitative estimate of drug-likeness (QED) is 0.792. The number of benzene rings is 1. The lowest BCUT2D eigenvalue weighted by molar-refractivity contribution is 0.181. The molecule has 0 aliphatic carbocycles. The Hall–Kier alpha value is -1.13. The van der Waals surface area contributed by atoms with Crippen molar-refractivity contribution in [3.63, 3.8) is 0 Å². The van der Waals surface area contributed by atoms with Crippen LogP contribution in [-0.2, 0) is 4.74 Å². The smallest absolute Gasteiger partial charge is 0.146 e. The number of rotatable bonds is 7. The minimum absolute atomic E-state index is 0.128. The molecule has 3 nitrogen and oxygen atoms in total. The van der Waals surface area contributed by atoms with Crippen molar-refractivity contribution in [1.29, 1.82) is 0 Å². The Balaban J connectivity index is 2.85. The minimum Gasteiger partial charge on any atom is -0.383 e. The average Bonchev–Trinajstić information content (AvgIpc) is 2.32. The van der Waals surface area contributed by atoms with Crippen LogP contribution < -0.4 is 10.6 Å². The first-order chi connectivity index (χ1) is 8.20. The Kier molecular flexibility index (Phi) is 5.94. The molecule has 0 aliphatic rings. The summed E-state index contributed by atoms with van der Waals surface area (Å²) in [7, 11) is 1.65. The second-order valence-corrected chi connectivity index (χ2v) is 4.09. The van der Waals surface area contributed by atoms with Gasteiger partial charge in [-0.3, -0.25) is 0 Å². The van der Waals surface area contributed by atoms with Crippen molar-refractivity contribution in [3.05, 3.63) is 30.1 Å². The topological polar surface area (TPSA) is 38.5 Å². The number of anilines is 1. The van der Waals surface area contributed by atoms with Crippen LogP contribution in [0.3, 0.4) is 0 Å². The van der Waals surface area contributed by atoms with E-state index in [9.17, 15) is 4.39 Å². The van der Waals surface area contributed by atoms with Crippen LogP contribution in [0.15, 0.2) is 24.3 Å². The van der Waals surface area contributed by atoms with Gasteiger partial charge in [-0.1, -0.05) is 12.1 Å². The van der Waals surface area contributed by atoms with Crippen molar-refractivity contribution >= 4 is 5.69 Å². The highest BCUT2D eigenvalue weighted by Gasteiger charge is 2.16. The summed E-state index contributed by atoms with van der Waals surface area (Å²) in [6.45, 7) is 3.93. The van der Waals surface area contributed by atoms with Gasteiger partial charge in [-0.25, -0.2) is 4.39 Å². The molecule has 0 saturated heterocycles. The number of nitrogens with zero attached hydrogens (tertiary/aromatic N) is 1. The normalized spacial score (nSPS) is 12.5. The summed E-state index contributed by atoms with van der Waals surface area (Å²) in [5, 5.41) is 0. The van der Waals surface area contributed by atoms with Crippen molar-refractivity contribution in [3.8, 4) is 0 Å². The van der Waals surface area contributed by atoms with Gasteiger partial charge in [0.25, 0.3) is 0 Å². The lowest BCUT2D eigenvalue weighted by atomic mass is 10.2. The standard InChI is InChI=1S/C13H21FN2O/c1-11(10-17-2)16(9-5-8-15)13-7-4-3-6-12(13)14/h3-4,6-7,11H,5,8-10,15H2,1-2H3. The van der Waals surface area contributed by atoms with E-state index in [1.54, 1.807) is 19.2 Å². The van der Waals surface area contributed by atoms with E-state index >= 15 is 0 Å². The van der Waals surface area contributed by atoms with Crippen LogP contribution in [0, 0.1) is 5.82 Å². The first-order valence-corrected chi connectivity index (χ1v) is 5.91. The molecule has 96 valence electrons. The summed E-state index contributed by atoms with van der Waals surface area (Å²) >= 11 is 0. The molecule has 4 heteroatoms. The van der Waals surface area contributed by atoms with Crippen molar-refractivity contribution in [1.82, 2.24) is 0 Å². The van der Waals surface area contributed by atoms with Gasteiger partial charge in [-0.15, -0.1) is 0 Å². The maximum Gasteiger partial charge on any atom is 0.146 e. The van der Waals surface area contributed by atoms with E-state index in [0.717, 1.165) is 13.0 Å². The molecular formula is C13H21FN2O. The third-order valence-electron chi connectivity index (χ3n) is 2.70. The SMILES string of the molecule is COCC(C)N(CCCN)c1ccccc1F. The minimum atomic E-state index is -0.201. The zero-order chi connectivity index (χ0) is 12.7. The lowest BCUT2D eigenvalue weighted by Crippen LogP contribution is -2.38. The maximum atomic E-state index is 13.8. The van der Waals surface area contributed by atoms with Crippen LogP contribution in [0.1, 0.15) is 13.3 Å². The molecule has 0 spiro atoms. The number of hydrogen-bond acceptors (Lipinski definition) is 3. The molecular weight excluding hydrogens is 219 g/mol. The van der Waals surface area contributed by atoms with Crippen LogP contribution >= 0.6 is 0 Å². The maximum absolute atomic E-state index is 13.8. The molecule has 1 aromatic carbocycles. The second kappa shape index (κ2) is 7.25. The lowest BCUT2D eigenvalue weighted by Gasteiger charge is -2.31. The Morgan fingerprint density at radius 3 is 2.71 bits per heavy atom. The predicted octanol–water partition coefficient (Wildman–Crippen LogP) is 2.02. The molecule has 1 unspecified atom stereocenters. The van der Waals surface area contributed by atoms with E-state index in [2.05, 4.69) is 0 Å². The molecule has 2 N–H and O–H groups in total. The number of nitrogens with two attached hydrogens (primary N) is 1. The molecule has 0 heterocycles. The Morgan fingerprint density at radius 1 is 1.41 bits per heavy atom. The van der Waals surface area contributed by atoms with Crippen molar-refractivity contribution in [2.45, 2.75) is 19.4 Å². The molecule has 0 saturated carbocycles. The van der Waals surface area contributed by atoms with Crippen LogP contribution in [-0.4, -0.2) is 32.8 Å². The fourth-order valence-electron chi connectivity index (χ4n) is 1.86. The zero-order valence-electron chi connectivity index (χ0n) is 10.5. The average molecular weight is 240 g/mol. The molecule has 0 aromatic heterocycles. The highest BCUT2D eigenvalue weighted by molar-refractivity contribution is 5.48. The fraction of sp³-hybridized carbons (Fsp3) is 0.538. The van der Waals surface area contributed by atoms with Gasteiger partial charge in [0, 0.05) is 19.7 Å². The highest BCUT2D eigenvalue weighted by atomic mass is 19.1. The van der Waals surface area contributed by atoms with E-state index in [-0.39, 0.29) is 11.9 Å². The molecule has 17 heavy (non-hydrogen) atoms. The number of para-hydroxylation sites is 1. The van der Waals surface area contributed by atoms with Crippen LogP contribution in [0.2, 0.25) is 0 Å². The summed E-state index contributed by atoms with van der Waals surface area (Å²) in [5.74, 6) is -0.201. The summed E-state index contributed by atoms with van der Waals surface area (Å²) in [6, 6.07) is 6.93. The summed E-state index contributed by atoms with van der Waals surface area (Å²) in [4.78, 5) is 2.01. The van der Waals surface area contributed by atoms with Crippen molar-refractivity contribution in [2.24, 2.45) is 5.73 Å². The van der Waals surface area contributed by atoms with Gasteiger partial charge in [-0.2, -0.15) is 0 Å². The summed E-state index contributed by atoms with van der Waals surface area (Å²) < 4.78 is 18.9. The zero-order valence-corrected chi connectivity index (χ0v) is 10.5. The van der Waals surface area contributed by atoms with Gasteiger partial charge >= 0.3 is 0 Å². The first-order valence-electron chi connectivity index (χ1n) is 5.91. The van der Waals surface area contributed by atoms with Gasteiger partial charge < -0.3 is 15.4 Å². The number of hydrogen-bond donors (Lipinski definition) is 1.